The topological polar surface area (TPSA) is 128 Å². The van der Waals surface area contributed by atoms with E-state index in [1.807, 2.05) is 13.8 Å². The van der Waals surface area contributed by atoms with Gasteiger partial charge in [-0.05, 0) is 47.7 Å². The first kappa shape index (κ1) is 30.7. The van der Waals surface area contributed by atoms with E-state index < -0.39 is 23.7 Å². The van der Waals surface area contributed by atoms with E-state index in [-0.39, 0.29) is 42.5 Å². The Labute approximate surface area is 230 Å². The molecule has 0 aliphatic carbocycles. The van der Waals surface area contributed by atoms with E-state index in [9.17, 15) is 12.8 Å². The lowest BCUT2D eigenvalue weighted by atomic mass is 9.94. The van der Waals surface area contributed by atoms with Gasteiger partial charge in [0, 0.05) is 39.1 Å². The number of aliphatic hydroxyl groups excluding tert-OH is 1. The first-order valence-electron chi connectivity index (χ1n) is 12.8. The number of ether oxygens (including phenoxy) is 2. The number of hydrogen-bond donors (Lipinski definition) is 2. The van der Waals surface area contributed by atoms with Crippen molar-refractivity contribution in [3.05, 3.63) is 41.8 Å². The van der Waals surface area contributed by atoms with Crippen molar-refractivity contribution >= 4 is 29.5 Å². The molecule has 0 saturated carbocycles. The summed E-state index contributed by atoms with van der Waals surface area (Å²) in [5.74, 6) is -0.285. The molecule has 0 bridgehead atoms. The zero-order valence-corrected chi connectivity index (χ0v) is 25.2. The second-order valence-corrected chi connectivity index (χ2v) is 18.4. The van der Waals surface area contributed by atoms with Crippen molar-refractivity contribution in [2.45, 2.75) is 63.8 Å². The van der Waals surface area contributed by atoms with Gasteiger partial charge >= 0.3 is 0 Å². The summed E-state index contributed by atoms with van der Waals surface area (Å²) < 4.78 is 53.0. The fourth-order valence-electron chi connectivity index (χ4n) is 3.76. The Morgan fingerprint density at radius 1 is 1.21 bits per heavy atom. The minimum Gasteiger partial charge on any atom is -0.481 e. The largest absolute Gasteiger partial charge is 0.481 e. The van der Waals surface area contributed by atoms with E-state index in [1.165, 1.54) is 23.9 Å². The minimum atomic E-state index is -3.85. The summed E-state index contributed by atoms with van der Waals surface area (Å²) in [6.45, 7) is 10.8. The van der Waals surface area contributed by atoms with Crippen molar-refractivity contribution in [1.29, 1.82) is 0 Å². The van der Waals surface area contributed by atoms with Gasteiger partial charge in [0.05, 0.1) is 18.6 Å². The molecule has 39 heavy (non-hydrogen) atoms. The predicted octanol–water partition coefficient (Wildman–Crippen LogP) is 4.82. The van der Waals surface area contributed by atoms with Crippen LogP contribution >= 0.6 is 0 Å². The fraction of sp³-hybridized carbons (Fsp3) is 0.500. The van der Waals surface area contributed by atoms with Crippen LogP contribution in [-0.4, -0.2) is 67.4 Å². The van der Waals surface area contributed by atoms with E-state index in [0.717, 1.165) is 6.04 Å². The monoisotopic (exact) mass is 579 g/mol. The number of benzene rings is 1. The van der Waals surface area contributed by atoms with Crippen LogP contribution in [0.4, 0.5) is 16.0 Å². The van der Waals surface area contributed by atoms with Crippen LogP contribution in [0.3, 0.4) is 0 Å². The Hall–Kier alpha value is -2.87. The fourth-order valence-corrected chi connectivity index (χ4v) is 5.66. The number of nitrogens with zero attached hydrogens (tertiary/aromatic N) is 4. The van der Waals surface area contributed by atoms with Crippen LogP contribution in [0.25, 0.3) is 11.1 Å². The predicted molar refractivity (Wildman–Crippen MR) is 151 cm³/mol. The Bertz CT molecular complexity index is 1380. The number of aromatic nitrogens is 4. The number of anilines is 2. The second kappa shape index (κ2) is 13.0. The molecule has 2 N–H and O–H groups in total. The van der Waals surface area contributed by atoms with Crippen molar-refractivity contribution in [1.82, 2.24) is 19.7 Å². The normalized spacial score (nSPS) is 12.2. The van der Waals surface area contributed by atoms with Gasteiger partial charge in [-0.1, -0.05) is 33.5 Å². The van der Waals surface area contributed by atoms with Gasteiger partial charge in [0.1, 0.15) is 12.5 Å². The van der Waals surface area contributed by atoms with Crippen LogP contribution in [0.2, 0.25) is 25.7 Å². The maximum Gasteiger partial charge on any atom is 0.268 e. The molecule has 3 rings (SSSR count). The lowest BCUT2D eigenvalue weighted by molar-refractivity contribution is 0.0792. The molecule has 0 amide bonds. The molecule has 2 aromatic heterocycles. The highest BCUT2D eigenvalue weighted by Gasteiger charge is 2.25. The van der Waals surface area contributed by atoms with Crippen molar-refractivity contribution < 1.29 is 27.4 Å². The third-order valence-electron chi connectivity index (χ3n) is 5.96. The smallest absolute Gasteiger partial charge is 0.268 e. The van der Waals surface area contributed by atoms with Gasteiger partial charge in [-0.15, -0.1) is 5.10 Å². The second-order valence-electron chi connectivity index (χ2n) is 10.7. The van der Waals surface area contributed by atoms with E-state index in [4.69, 9.17) is 14.6 Å². The summed E-state index contributed by atoms with van der Waals surface area (Å²) in [7, 11) is -3.70. The summed E-state index contributed by atoms with van der Waals surface area (Å²) in [6, 6.07) is 7.20. The van der Waals surface area contributed by atoms with Crippen LogP contribution in [-0.2, 0) is 21.3 Å². The molecule has 0 saturated heterocycles. The zero-order valence-electron chi connectivity index (χ0n) is 23.4. The lowest BCUT2D eigenvalue weighted by Crippen LogP contribution is -2.22. The Morgan fingerprint density at radius 2 is 1.95 bits per heavy atom. The van der Waals surface area contributed by atoms with E-state index >= 15 is 0 Å². The maximum atomic E-state index is 14.8. The molecule has 0 aliphatic rings. The van der Waals surface area contributed by atoms with Gasteiger partial charge in [0.25, 0.3) is 5.16 Å². The molecule has 214 valence electrons. The van der Waals surface area contributed by atoms with Gasteiger partial charge in [0.15, 0.2) is 0 Å². The SMILES string of the molecule is COc1cc(-c2cc(F)cc(C(C)C)c2Nc2nc(S(=O)(=O)CCCO)nn2COCC[Si](C)(C)C)ccn1. The molecule has 0 radical (unpaired) electrons. The molecule has 0 atom stereocenters. The lowest BCUT2D eigenvalue weighted by Gasteiger charge is -2.20. The Kier molecular flexibility index (Phi) is 10.2. The molecule has 1 aromatic carbocycles. The van der Waals surface area contributed by atoms with Crippen molar-refractivity contribution in [3.8, 4) is 17.0 Å². The van der Waals surface area contributed by atoms with Crippen LogP contribution < -0.4 is 10.1 Å². The third-order valence-corrected chi connectivity index (χ3v) is 9.22. The summed E-state index contributed by atoms with van der Waals surface area (Å²) >= 11 is 0. The van der Waals surface area contributed by atoms with E-state index in [2.05, 4.69) is 40.0 Å². The number of aliphatic hydroxyl groups is 1. The van der Waals surface area contributed by atoms with Crippen LogP contribution in [0.1, 0.15) is 31.7 Å². The molecular formula is C26H38FN5O5SSi. The van der Waals surface area contributed by atoms with Crippen LogP contribution in [0.5, 0.6) is 5.88 Å². The quantitative estimate of drug-likeness (QED) is 0.204. The highest BCUT2D eigenvalue weighted by atomic mass is 32.2. The number of rotatable bonds is 14. The average Bonchev–Trinajstić information content (AvgIpc) is 3.29. The first-order chi connectivity index (χ1) is 18.3. The van der Waals surface area contributed by atoms with Gasteiger partial charge in [-0.3, -0.25) is 0 Å². The number of pyridine rings is 1. The number of methoxy groups -OCH3 is 1. The number of halogens is 1. The molecular weight excluding hydrogens is 541 g/mol. The third kappa shape index (κ3) is 8.31. The summed E-state index contributed by atoms with van der Waals surface area (Å²) in [5.41, 5.74) is 2.40. The average molecular weight is 580 g/mol. The van der Waals surface area contributed by atoms with Gasteiger partial charge in [-0.2, -0.15) is 4.98 Å². The summed E-state index contributed by atoms with van der Waals surface area (Å²) in [5, 5.41) is 16.2. The first-order valence-corrected chi connectivity index (χ1v) is 18.2. The van der Waals surface area contributed by atoms with Crippen molar-refractivity contribution in [2.24, 2.45) is 0 Å². The molecule has 2 heterocycles. The molecule has 0 spiro atoms. The number of nitrogens with one attached hydrogen (secondary N) is 1. The minimum absolute atomic E-state index is 0.0219. The number of sulfone groups is 1. The molecule has 0 fully saturated rings. The number of hydrogen-bond acceptors (Lipinski definition) is 9. The van der Waals surface area contributed by atoms with Crippen molar-refractivity contribution in [3.63, 3.8) is 0 Å². The highest BCUT2D eigenvalue weighted by Crippen LogP contribution is 2.38. The van der Waals surface area contributed by atoms with Gasteiger partial charge in [0.2, 0.25) is 21.7 Å². The van der Waals surface area contributed by atoms with Crippen molar-refractivity contribution in [2.75, 3.05) is 31.4 Å². The Balaban J connectivity index is 2.10. The Morgan fingerprint density at radius 3 is 2.59 bits per heavy atom. The zero-order chi connectivity index (χ0) is 28.8. The van der Waals surface area contributed by atoms with Gasteiger partial charge in [-0.25, -0.2) is 22.5 Å². The maximum absolute atomic E-state index is 14.8. The molecule has 3 aromatic rings. The van der Waals surface area contributed by atoms with E-state index in [0.29, 0.717) is 34.9 Å². The molecule has 0 aliphatic heterocycles. The molecule has 10 nitrogen and oxygen atoms in total. The highest BCUT2D eigenvalue weighted by molar-refractivity contribution is 7.91. The molecule has 13 heteroatoms. The summed E-state index contributed by atoms with van der Waals surface area (Å²) in [6.07, 6.45) is 1.63. The van der Waals surface area contributed by atoms with E-state index in [1.54, 1.807) is 18.3 Å². The van der Waals surface area contributed by atoms with Crippen LogP contribution in [0.15, 0.2) is 35.6 Å². The van der Waals surface area contributed by atoms with Crippen LogP contribution in [0, 0.1) is 5.82 Å². The molecule has 0 unspecified atom stereocenters. The standard InChI is InChI=1S/C26H38FN5O5SSi/c1-18(2)21-15-20(27)16-22(19-8-9-28-23(14-19)36-3)24(21)29-25-30-26(38(34,35)12-7-10-33)31-32(25)17-37-11-13-39(4,5)6/h8-9,14-16,18,33H,7,10-13,17H2,1-6H3,(H,29,30,31). The summed E-state index contributed by atoms with van der Waals surface area (Å²) in [4.78, 5) is 8.46. The van der Waals surface area contributed by atoms with Gasteiger partial charge < -0.3 is 19.9 Å².